The van der Waals surface area contributed by atoms with E-state index in [1.807, 2.05) is 0 Å². The Morgan fingerprint density at radius 1 is 1.38 bits per heavy atom. The molecule has 1 amide bonds. The number of rotatable bonds is 3. The quantitative estimate of drug-likeness (QED) is 0.656. The van der Waals surface area contributed by atoms with E-state index in [4.69, 9.17) is 10.2 Å². The average Bonchev–Trinajstić information content (AvgIpc) is 2.29. The van der Waals surface area contributed by atoms with Crippen molar-refractivity contribution in [1.29, 1.82) is 0 Å². The molecule has 1 aromatic carbocycles. The normalized spacial score (nSPS) is 12.2. The predicted molar refractivity (Wildman–Crippen MR) is 58.4 cm³/mol. The summed E-state index contributed by atoms with van der Waals surface area (Å²) in [6.07, 6.45) is 0. The highest BCUT2D eigenvalue weighted by Gasteiger charge is 2.17. The highest BCUT2D eigenvalue weighted by Crippen LogP contribution is 2.25. The van der Waals surface area contributed by atoms with E-state index in [0.717, 1.165) is 0 Å². The molecule has 5 heteroatoms. The van der Waals surface area contributed by atoms with Crippen molar-refractivity contribution in [2.45, 2.75) is 13.0 Å². The maximum atomic E-state index is 11.8. The number of phenols is 2. The molecule has 0 fully saturated rings. The molecule has 0 saturated heterocycles. The van der Waals surface area contributed by atoms with Crippen LogP contribution >= 0.6 is 0 Å². The number of benzene rings is 1. The van der Waals surface area contributed by atoms with Gasteiger partial charge in [0.2, 0.25) is 0 Å². The Morgan fingerprint density at radius 2 is 2.00 bits per heavy atom. The van der Waals surface area contributed by atoms with E-state index in [9.17, 15) is 9.90 Å². The summed E-state index contributed by atoms with van der Waals surface area (Å²) >= 11 is 0. The molecule has 0 aliphatic rings. The average molecular weight is 225 g/mol. The number of nitrogens with zero attached hydrogens (tertiary/aromatic N) is 1. The molecule has 0 bridgehead atoms. The fourth-order valence-electron chi connectivity index (χ4n) is 1.18. The Kier molecular flexibility index (Phi) is 3.73. The number of hydrogen-bond donors (Lipinski definition) is 3. The monoisotopic (exact) mass is 225 g/mol. The van der Waals surface area contributed by atoms with E-state index >= 15 is 0 Å². The Labute approximate surface area is 93.6 Å². The molecule has 0 aromatic heterocycles. The van der Waals surface area contributed by atoms with Crippen molar-refractivity contribution in [2.75, 3.05) is 13.7 Å². The third kappa shape index (κ3) is 2.43. The van der Waals surface area contributed by atoms with Gasteiger partial charge in [-0.25, -0.2) is 0 Å². The number of aliphatic hydroxyl groups excluding tert-OH is 1. The smallest absolute Gasteiger partial charge is 0.254 e. The second kappa shape index (κ2) is 4.85. The Bertz CT molecular complexity index is 392. The first-order valence-corrected chi connectivity index (χ1v) is 4.87. The second-order valence-corrected chi connectivity index (χ2v) is 3.65. The third-order valence-electron chi connectivity index (χ3n) is 2.47. The second-order valence-electron chi connectivity index (χ2n) is 3.65. The number of likely N-dealkylation sites (N-methyl/N-ethyl adjacent to an activating group) is 1. The number of hydrogen-bond acceptors (Lipinski definition) is 4. The van der Waals surface area contributed by atoms with Crippen LogP contribution in [0.25, 0.3) is 0 Å². The van der Waals surface area contributed by atoms with Crippen LogP contribution in [0, 0.1) is 0 Å². The first-order valence-electron chi connectivity index (χ1n) is 4.87. The van der Waals surface area contributed by atoms with Crippen LogP contribution in [0.1, 0.15) is 17.3 Å². The zero-order valence-electron chi connectivity index (χ0n) is 9.21. The van der Waals surface area contributed by atoms with Gasteiger partial charge in [-0.1, -0.05) is 0 Å². The minimum Gasteiger partial charge on any atom is -0.504 e. The molecule has 5 nitrogen and oxygen atoms in total. The molecule has 3 N–H and O–H groups in total. The fraction of sp³-hybridized carbons (Fsp3) is 0.364. The van der Waals surface area contributed by atoms with Crippen molar-refractivity contribution in [1.82, 2.24) is 4.90 Å². The largest absolute Gasteiger partial charge is 0.504 e. The Morgan fingerprint density at radius 3 is 2.50 bits per heavy atom. The SMILES string of the molecule is CC(CO)N(C)C(=O)c1ccc(O)c(O)c1. The highest BCUT2D eigenvalue weighted by molar-refractivity contribution is 5.94. The fourth-order valence-corrected chi connectivity index (χ4v) is 1.18. The lowest BCUT2D eigenvalue weighted by Crippen LogP contribution is -2.37. The van der Waals surface area contributed by atoms with E-state index < -0.39 is 0 Å². The molecular weight excluding hydrogens is 210 g/mol. The van der Waals surface area contributed by atoms with Crippen molar-refractivity contribution in [3.63, 3.8) is 0 Å². The topological polar surface area (TPSA) is 81.0 Å². The van der Waals surface area contributed by atoms with Crippen LogP contribution in [0.4, 0.5) is 0 Å². The predicted octanol–water partition coefficient (Wildman–Crippen LogP) is 0.551. The molecular formula is C11H15NO4. The van der Waals surface area contributed by atoms with Crippen LogP contribution in [0.15, 0.2) is 18.2 Å². The molecule has 0 heterocycles. The van der Waals surface area contributed by atoms with Crippen LogP contribution in [-0.4, -0.2) is 45.8 Å². The van der Waals surface area contributed by atoms with Gasteiger partial charge < -0.3 is 20.2 Å². The van der Waals surface area contributed by atoms with Gasteiger partial charge in [-0.2, -0.15) is 0 Å². The van der Waals surface area contributed by atoms with Crippen molar-refractivity contribution in [3.05, 3.63) is 23.8 Å². The number of aromatic hydroxyl groups is 2. The van der Waals surface area contributed by atoms with Gasteiger partial charge in [0.05, 0.1) is 12.6 Å². The summed E-state index contributed by atoms with van der Waals surface area (Å²) in [4.78, 5) is 13.2. The minimum atomic E-state index is -0.337. The van der Waals surface area contributed by atoms with Crippen molar-refractivity contribution >= 4 is 5.91 Å². The van der Waals surface area contributed by atoms with Gasteiger partial charge in [0.1, 0.15) is 0 Å². The van der Waals surface area contributed by atoms with Gasteiger partial charge in [-0.15, -0.1) is 0 Å². The molecule has 0 saturated carbocycles. The Balaban J connectivity index is 2.92. The van der Waals surface area contributed by atoms with Gasteiger partial charge in [0.15, 0.2) is 11.5 Å². The molecule has 1 aromatic rings. The first kappa shape index (κ1) is 12.3. The van der Waals surface area contributed by atoms with Crippen molar-refractivity contribution < 1.29 is 20.1 Å². The van der Waals surface area contributed by atoms with E-state index in [-0.39, 0.29) is 35.6 Å². The summed E-state index contributed by atoms with van der Waals surface area (Å²) in [5.74, 6) is -0.929. The molecule has 0 radical (unpaired) electrons. The zero-order valence-corrected chi connectivity index (χ0v) is 9.21. The van der Waals surface area contributed by atoms with E-state index in [1.165, 1.54) is 23.1 Å². The first-order chi connectivity index (χ1) is 7.47. The molecule has 0 spiro atoms. The standard InChI is InChI=1S/C11H15NO4/c1-7(6-13)12(2)11(16)8-3-4-9(14)10(15)5-8/h3-5,7,13-15H,6H2,1-2H3. The lowest BCUT2D eigenvalue weighted by molar-refractivity contribution is 0.0682. The number of carbonyl (C=O) groups is 1. The number of carbonyl (C=O) groups excluding carboxylic acids is 1. The van der Waals surface area contributed by atoms with Gasteiger partial charge in [0.25, 0.3) is 5.91 Å². The van der Waals surface area contributed by atoms with Crippen LogP contribution < -0.4 is 0 Å². The molecule has 1 atom stereocenters. The van der Waals surface area contributed by atoms with Crippen molar-refractivity contribution in [3.8, 4) is 11.5 Å². The molecule has 0 aliphatic heterocycles. The van der Waals surface area contributed by atoms with E-state index in [0.29, 0.717) is 0 Å². The van der Waals surface area contributed by atoms with Gasteiger partial charge in [-0.05, 0) is 25.1 Å². The summed E-state index contributed by atoms with van der Waals surface area (Å²) in [5.41, 5.74) is 0.262. The molecule has 1 unspecified atom stereocenters. The molecule has 88 valence electrons. The summed E-state index contributed by atoms with van der Waals surface area (Å²) in [5, 5.41) is 27.3. The van der Waals surface area contributed by atoms with Gasteiger partial charge >= 0.3 is 0 Å². The summed E-state index contributed by atoms with van der Waals surface area (Å²) in [7, 11) is 1.56. The summed E-state index contributed by atoms with van der Waals surface area (Å²) in [6, 6.07) is 3.56. The third-order valence-corrected chi connectivity index (χ3v) is 2.47. The number of amides is 1. The number of phenolic OH excluding ortho intramolecular Hbond substituents is 2. The Hall–Kier alpha value is -1.75. The number of aliphatic hydroxyl groups is 1. The van der Waals surface area contributed by atoms with Crippen LogP contribution in [0.3, 0.4) is 0 Å². The summed E-state index contributed by atoms with van der Waals surface area (Å²) < 4.78 is 0. The van der Waals surface area contributed by atoms with Gasteiger partial charge in [0, 0.05) is 12.6 Å². The zero-order chi connectivity index (χ0) is 12.3. The maximum absolute atomic E-state index is 11.8. The van der Waals surface area contributed by atoms with Crippen molar-refractivity contribution in [2.24, 2.45) is 0 Å². The van der Waals surface area contributed by atoms with Crippen LogP contribution in [0.2, 0.25) is 0 Å². The molecule has 1 rings (SSSR count). The minimum absolute atomic E-state index is 0.133. The molecule has 0 aliphatic carbocycles. The van der Waals surface area contributed by atoms with Crippen LogP contribution in [0.5, 0.6) is 11.5 Å². The maximum Gasteiger partial charge on any atom is 0.254 e. The van der Waals surface area contributed by atoms with Crippen LogP contribution in [-0.2, 0) is 0 Å². The van der Waals surface area contributed by atoms with E-state index in [2.05, 4.69) is 0 Å². The lowest BCUT2D eigenvalue weighted by Gasteiger charge is -2.23. The summed E-state index contributed by atoms with van der Waals surface area (Å²) in [6.45, 7) is 1.57. The van der Waals surface area contributed by atoms with Gasteiger partial charge in [-0.3, -0.25) is 4.79 Å². The van der Waals surface area contributed by atoms with E-state index in [1.54, 1.807) is 14.0 Å². The highest BCUT2D eigenvalue weighted by atomic mass is 16.3. The molecule has 16 heavy (non-hydrogen) atoms. The lowest BCUT2D eigenvalue weighted by atomic mass is 10.1.